The van der Waals surface area contributed by atoms with E-state index in [0.717, 1.165) is 26.1 Å². The van der Waals surface area contributed by atoms with Crippen molar-refractivity contribution < 1.29 is 14.4 Å². The first-order chi connectivity index (χ1) is 15.4. The molecular weight excluding hydrogens is 406 g/mol. The molecule has 1 spiro atoms. The lowest BCUT2D eigenvalue weighted by Crippen LogP contribution is -2.56. The molecule has 0 aliphatic carbocycles. The number of amides is 4. The van der Waals surface area contributed by atoms with Gasteiger partial charge in [0.25, 0.3) is 5.91 Å². The number of carbonyl (C=O) groups excluding carboxylic acids is 3. The van der Waals surface area contributed by atoms with Gasteiger partial charge in [-0.3, -0.25) is 14.5 Å². The predicted molar refractivity (Wildman–Crippen MR) is 122 cm³/mol. The SMILES string of the molecule is CN(C)CC(=O)N1CCC(N2C(=O)NC3(CCN(CCc4ccccc4)CC3)C2=O)CC1. The maximum absolute atomic E-state index is 13.4. The molecule has 1 aromatic carbocycles. The van der Waals surface area contributed by atoms with Crippen LogP contribution in [0.1, 0.15) is 31.2 Å². The largest absolute Gasteiger partial charge is 0.341 e. The molecule has 4 amide bonds. The van der Waals surface area contributed by atoms with E-state index in [4.69, 9.17) is 0 Å². The van der Waals surface area contributed by atoms with Gasteiger partial charge in [0.05, 0.1) is 6.54 Å². The number of urea groups is 1. The third kappa shape index (κ3) is 4.81. The molecule has 0 aromatic heterocycles. The number of piperidine rings is 2. The van der Waals surface area contributed by atoms with Crippen LogP contribution in [0.4, 0.5) is 4.79 Å². The topological polar surface area (TPSA) is 76.2 Å². The first-order valence-corrected chi connectivity index (χ1v) is 11.7. The van der Waals surface area contributed by atoms with E-state index in [0.29, 0.717) is 45.3 Å². The third-order valence-electron chi connectivity index (χ3n) is 7.10. The van der Waals surface area contributed by atoms with Gasteiger partial charge in [-0.1, -0.05) is 30.3 Å². The number of carbonyl (C=O) groups is 3. The molecule has 32 heavy (non-hydrogen) atoms. The van der Waals surface area contributed by atoms with Gasteiger partial charge in [-0.15, -0.1) is 0 Å². The molecule has 0 unspecified atom stereocenters. The second kappa shape index (κ2) is 9.58. The van der Waals surface area contributed by atoms with Gasteiger partial charge in [-0.05, 0) is 51.8 Å². The van der Waals surface area contributed by atoms with Crippen LogP contribution in [0.3, 0.4) is 0 Å². The summed E-state index contributed by atoms with van der Waals surface area (Å²) in [7, 11) is 3.76. The lowest BCUT2D eigenvalue weighted by atomic mass is 9.86. The molecule has 1 aromatic rings. The van der Waals surface area contributed by atoms with Crippen molar-refractivity contribution >= 4 is 17.8 Å². The van der Waals surface area contributed by atoms with E-state index in [1.54, 1.807) is 0 Å². The average molecular weight is 442 g/mol. The number of likely N-dealkylation sites (N-methyl/N-ethyl adjacent to an activating group) is 1. The van der Waals surface area contributed by atoms with Gasteiger partial charge >= 0.3 is 6.03 Å². The molecule has 3 saturated heterocycles. The summed E-state index contributed by atoms with van der Waals surface area (Å²) in [5.41, 5.74) is 0.567. The lowest BCUT2D eigenvalue weighted by molar-refractivity contribution is -0.136. The van der Waals surface area contributed by atoms with Crippen molar-refractivity contribution in [2.75, 3.05) is 53.4 Å². The summed E-state index contributed by atoms with van der Waals surface area (Å²) < 4.78 is 0. The molecule has 0 bridgehead atoms. The number of imide groups is 1. The monoisotopic (exact) mass is 441 g/mol. The quantitative estimate of drug-likeness (QED) is 0.671. The molecular formula is C24H35N5O3. The van der Waals surface area contributed by atoms with Crippen molar-refractivity contribution in [2.45, 2.75) is 43.7 Å². The molecule has 0 radical (unpaired) electrons. The van der Waals surface area contributed by atoms with Crippen molar-refractivity contribution in [3.63, 3.8) is 0 Å². The van der Waals surface area contributed by atoms with Crippen LogP contribution in [0, 0.1) is 0 Å². The maximum Gasteiger partial charge on any atom is 0.325 e. The fourth-order valence-corrected chi connectivity index (χ4v) is 5.15. The zero-order chi connectivity index (χ0) is 22.7. The van der Waals surface area contributed by atoms with Crippen LogP contribution < -0.4 is 5.32 Å². The van der Waals surface area contributed by atoms with E-state index >= 15 is 0 Å². The first kappa shape index (κ1) is 22.7. The van der Waals surface area contributed by atoms with Crippen LogP contribution in [0.25, 0.3) is 0 Å². The Morgan fingerprint density at radius 1 is 1.06 bits per heavy atom. The van der Waals surface area contributed by atoms with Gasteiger partial charge in [0.1, 0.15) is 5.54 Å². The van der Waals surface area contributed by atoms with Crippen LogP contribution in [0.5, 0.6) is 0 Å². The van der Waals surface area contributed by atoms with Crippen LogP contribution in [-0.4, -0.2) is 102 Å². The lowest BCUT2D eigenvalue weighted by Gasteiger charge is -2.39. The molecule has 174 valence electrons. The van der Waals surface area contributed by atoms with Crippen molar-refractivity contribution in [3.8, 4) is 0 Å². The molecule has 3 aliphatic heterocycles. The van der Waals surface area contributed by atoms with Gasteiger partial charge in [-0.25, -0.2) is 4.79 Å². The van der Waals surface area contributed by atoms with Crippen LogP contribution in [-0.2, 0) is 16.0 Å². The summed E-state index contributed by atoms with van der Waals surface area (Å²) in [5, 5.41) is 3.04. The summed E-state index contributed by atoms with van der Waals surface area (Å²) in [6, 6.07) is 10.0. The Kier molecular flexibility index (Phi) is 6.81. The zero-order valence-electron chi connectivity index (χ0n) is 19.3. The van der Waals surface area contributed by atoms with Crippen LogP contribution in [0.15, 0.2) is 30.3 Å². The number of hydrogen-bond acceptors (Lipinski definition) is 5. The van der Waals surface area contributed by atoms with Crippen molar-refractivity contribution in [3.05, 3.63) is 35.9 Å². The van der Waals surface area contributed by atoms with Gasteiger partial charge in [0.2, 0.25) is 5.91 Å². The Bertz CT molecular complexity index is 827. The molecule has 3 aliphatic rings. The fraction of sp³-hybridized carbons (Fsp3) is 0.625. The van der Waals surface area contributed by atoms with E-state index in [1.165, 1.54) is 10.5 Å². The van der Waals surface area contributed by atoms with Crippen LogP contribution >= 0.6 is 0 Å². The normalized spacial score (nSPS) is 22.1. The van der Waals surface area contributed by atoms with Crippen molar-refractivity contribution in [2.24, 2.45) is 0 Å². The second-order valence-electron chi connectivity index (χ2n) is 9.61. The van der Waals surface area contributed by atoms with E-state index in [1.807, 2.05) is 30.0 Å². The number of benzene rings is 1. The summed E-state index contributed by atoms with van der Waals surface area (Å²) in [4.78, 5) is 46.0. The highest BCUT2D eigenvalue weighted by Crippen LogP contribution is 2.32. The molecule has 4 rings (SSSR count). The minimum Gasteiger partial charge on any atom is -0.341 e. The van der Waals surface area contributed by atoms with Crippen molar-refractivity contribution in [1.82, 2.24) is 24.9 Å². The standard InChI is InChI=1S/C24H35N5O3/c1-26(2)18-21(30)28-14-9-20(10-15-28)29-22(31)24(25-23(29)32)11-16-27(17-12-24)13-8-19-6-4-3-5-7-19/h3-7,20H,8-18H2,1-2H3,(H,25,32). The highest BCUT2D eigenvalue weighted by Gasteiger charge is 2.54. The summed E-state index contributed by atoms with van der Waals surface area (Å²) in [6.45, 7) is 4.15. The van der Waals surface area contributed by atoms with Gasteiger partial charge in [0.15, 0.2) is 0 Å². The number of likely N-dealkylation sites (tertiary alicyclic amines) is 2. The highest BCUT2D eigenvalue weighted by atomic mass is 16.2. The smallest absolute Gasteiger partial charge is 0.325 e. The minimum atomic E-state index is -0.752. The van der Waals surface area contributed by atoms with E-state index in [9.17, 15) is 14.4 Å². The van der Waals surface area contributed by atoms with Crippen LogP contribution in [0.2, 0.25) is 0 Å². The Morgan fingerprint density at radius 3 is 2.34 bits per heavy atom. The maximum atomic E-state index is 13.4. The second-order valence-corrected chi connectivity index (χ2v) is 9.61. The number of hydrogen-bond donors (Lipinski definition) is 1. The molecule has 3 fully saturated rings. The van der Waals surface area contributed by atoms with Crippen molar-refractivity contribution in [1.29, 1.82) is 0 Å². The third-order valence-corrected chi connectivity index (χ3v) is 7.10. The van der Waals surface area contributed by atoms with E-state index in [2.05, 4.69) is 34.5 Å². The number of nitrogens with zero attached hydrogens (tertiary/aromatic N) is 4. The van der Waals surface area contributed by atoms with Gasteiger partial charge in [0, 0.05) is 38.8 Å². The van der Waals surface area contributed by atoms with E-state index < -0.39 is 5.54 Å². The van der Waals surface area contributed by atoms with Gasteiger partial charge in [-0.2, -0.15) is 0 Å². The average Bonchev–Trinajstić information content (AvgIpc) is 3.03. The molecule has 1 N–H and O–H groups in total. The molecule has 0 atom stereocenters. The Balaban J connectivity index is 1.29. The minimum absolute atomic E-state index is 0.0664. The number of nitrogens with one attached hydrogen (secondary N) is 1. The highest BCUT2D eigenvalue weighted by molar-refractivity contribution is 6.07. The zero-order valence-corrected chi connectivity index (χ0v) is 19.3. The Hall–Kier alpha value is -2.45. The molecule has 3 heterocycles. The number of rotatable bonds is 6. The Labute approximate surface area is 190 Å². The summed E-state index contributed by atoms with van der Waals surface area (Å²) >= 11 is 0. The summed E-state index contributed by atoms with van der Waals surface area (Å²) in [5.74, 6) is 0.0354. The van der Waals surface area contributed by atoms with Gasteiger partial charge < -0.3 is 20.0 Å². The summed E-state index contributed by atoms with van der Waals surface area (Å²) in [6.07, 6.45) is 3.60. The first-order valence-electron chi connectivity index (χ1n) is 11.7. The molecule has 8 heteroatoms. The predicted octanol–water partition coefficient (Wildman–Crippen LogP) is 1.17. The van der Waals surface area contributed by atoms with E-state index in [-0.39, 0.29) is 23.9 Å². The Morgan fingerprint density at radius 2 is 1.72 bits per heavy atom. The molecule has 8 nitrogen and oxygen atoms in total. The molecule has 0 saturated carbocycles. The fourth-order valence-electron chi connectivity index (χ4n) is 5.15.